The van der Waals surface area contributed by atoms with Crippen LogP contribution in [0.5, 0.6) is 0 Å². The van der Waals surface area contributed by atoms with Crippen molar-refractivity contribution in [1.82, 2.24) is 4.98 Å². The summed E-state index contributed by atoms with van der Waals surface area (Å²) in [6, 6.07) is 3.31. The SMILES string of the molecule is N#Cc1ccnc(NCCCC(F)(F)F)c1N. The minimum absolute atomic E-state index is 0.0681. The molecule has 3 N–H and O–H groups in total. The number of nitrogen functional groups attached to an aromatic ring is 1. The van der Waals surface area contributed by atoms with Crippen molar-refractivity contribution in [1.29, 1.82) is 5.26 Å². The summed E-state index contributed by atoms with van der Waals surface area (Å²) in [6.45, 7) is 0.103. The van der Waals surface area contributed by atoms with Crippen molar-refractivity contribution in [3.05, 3.63) is 17.8 Å². The van der Waals surface area contributed by atoms with Crippen LogP contribution in [0.3, 0.4) is 0 Å². The molecule has 1 rings (SSSR count). The maximum Gasteiger partial charge on any atom is 0.389 e. The van der Waals surface area contributed by atoms with Crippen LogP contribution in [0, 0.1) is 11.3 Å². The predicted molar refractivity (Wildman–Crippen MR) is 57.1 cm³/mol. The minimum atomic E-state index is -4.16. The molecule has 1 aromatic rings. The highest BCUT2D eigenvalue weighted by Crippen LogP contribution is 2.22. The molecule has 0 amide bonds. The first kappa shape index (κ1) is 13.1. The molecule has 1 aromatic heterocycles. The molecule has 0 aromatic carbocycles. The van der Waals surface area contributed by atoms with E-state index in [0.717, 1.165) is 0 Å². The second-order valence-corrected chi connectivity index (χ2v) is 3.38. The summed E-state index contributed by atoms with van der Waals surface area (Å²) in [5.41, 5.74) is 6.00. The van der Waals surface area contributed by atoms with E-state index in [4.69, 9.17) is 11.0 Å². The Balaban J connectivity index is 2.51. The number of nitrogens with two attached hydrogens (primary N) is 1. The van der Waals surface area contributed by atoms with Crippen molar-refractivity contribution in [3.8, 4) is 6.07 Å². The molecule has 92 valence electrons. The molecular weight excluding hydrogens is 233 g/mol. The molecular formula is C10H11F3N4. The van der Waals surface area contributed by atoms with Gasteiger partial charge in [-0.1, -0.05) is 0 Å². The fourth-order valence-electron chi connectivity index (χ4n) is 1.21. The van der Waals surface area contributed by atoms with E-state index in [-0.39, 0.29) is 30.0 Å². The average Bonchev–Trinajstić information content (AvgIpc) is 2.25. The zero-order valence-corrected chi connectivity index (χ0v) is 8.88. The molecule has 0 unspecified atom stereocenters. The second kappa shape index (κ2) is 5.39. The van der Waals surface area contributed by atoms with Gasteiger partial charge in [-0.2, -0.15) is 18.4 Å². The summed E-state index contributed by atoms with van der Waals surface area (Å²) >= 11 is 0. The van der Waals surface area contributed by atoms with Crippen molar-refractivity contribution in [2.45, 2.75) is 19.0 Å². The maximum absolute atomic E-state index is 11.9. The molecule has 0 aliphatic carbocycles. The van der Waals surface area contributed by atoms with E-state index < -0.39 is 12.6 Å². The minimum Gasteiger partial charge on any atom is -0.395 e. The number of alkyl halides is 3. The molecule has 0 aliphatic heterocycles. The fourth-order valence-corrected chi connectivity index (χ4v) is 1.21. The Labute approximate surface area is 96.3 Å². The lowest BCUT2D eigenvalue weighted by Crippen LogP contribution is -2.12. The summed E-state index contributed by atoms with van der Waals surface area (Å²) in [6.07, 6.45) is -3.71. The van der Waals surface area contributed by atoms with Crippen LogP contribution >= 0.6 is 0 Å². The molecule has 1 heterocycles. The van der Waals surface area contributed by atoms with Crippen LogP contribution in [-0.4, -0.2) is 17.7 Å². The topological polar surface area (TPSA) is 74.7 Å². The monoisotopic (exact) mass is 244 g/mol. The highest BCUT2D eigenvalue weighted by molar-refractivity contribution is 5.68. The van der Waals surface area contributed by atoms with E-state index in [1.165, 1.54) is 12.3 Å². The normalized spacial score (nSPS) is 10.9. The van der Waals surface area contributed by atoms with E-state index in [0.29, 0.717) is 0 Å². The Morgan fingerprint density at radius 2 is 2.18 bits per heavy atom. The number of anilines is 2. The number of aromatic nitrogens is 1. The van der Waals surface area contributed by atoms with Crippen LogP contribution < -0.4 is 11.1 Å². The number of pyridine rings is 1. The number of hydrogen-bond donors (Lipinski definition) is 2. The van der Waals surface area contributed by atoms with E-state index in [1.54, 1.807) is 0 Å². The van der Waals surface area contributed by atoms with E-state index >= 15 is 0 Å². The van der Waals surface area contributed by atoms with Crippen molar-refractivity contribution < 1.29 is 13.2 Å². The first-order valence-corrected chi connectivity index (χ1v) is 4.89. The Hall–Kier alpha value is -1.97. The highest BCUT2D eigenvalue weighted by Gasteiger charge is 2.25. The lowest BCUT2D eigenvalue weighted by molar-refractivity contribution is -0.134. The zero-order valence-electron chi connectivity index (χ0n) is 8.88. The summed E-state index contributed by atoms with van der Waals surface area (Å²) in [7, 11) is 0. The average molecular weight is 244 g/mol. The van der Waals surface area contributed by atoms with Crippen LogP contribution in [0.25, 0.3) is 0 Å². The van der Waals surface area contributed by atoms with E-state index in [9.17, 15) is 13.2 Å². The van der Waals surface area contributed by atoms with Gasteiger partial charge in [-0.05, 0) is 12.5 Å². The maximum atomic E-state index is 11.9. The predicted octanol–water partition coefficient (Wildman–Crippen LogP) is 2.29. The first-order valence-electron chi connectivity index (χ1n) is 4.89. The van der Waals surface area contributed by atoms with Crippen molar-refractivity contribution in [2.24, 2.45) is 0 Å². The van der Waals surface area contributed by atoms with Gasteiger partial charge in [0.05, 0.1) is 11.3 Å². The van der Waals surface area contributed by atoms with Crippen LogP contribution in [0.2, 0.25) is 0 Å². The van der Waals surface area contributed by atoms with E-state index in [1.807, 2.05) is 6.07 Å². The first-order chi connectivity index (χ1) is 7.94. The number of rotatable bonds is 4. The molecule has 0 atom stereocenters. The molecule has 4 nitrogen and oxygen atoms in total. The fraction of sp³-hybridized carbons (Fsp3) is 0.400. The summed E-state index contributed by atoms with van der Waals surface area (Å²) in [5.74, 6) is 0.242. The molecule has 7 heteroatoms. The molecule has 0 saturated heterocycles. The number of nitriles is 1. The van der Waals surface area contributed by atoms with Gasteiger partial charge >= 0.3 is 6.18 Å². The largest absolute Gasteiger partial charge is 0.395 e. The van der Waals surface area contributed by atoms with Crippen LogP contribution in [0.15, 0.2) is 12.3 Å². The molecule has 17 heavy (non-hydrogen) atoms. The van der Waals surface area contributed by atoms with Gasteiger partial charge in [-0.25, -0.2) is 4.98 Å². The van der Waals surface area contributed by atoms with Gasteiger partial charge in [0.15, 0.2) is 5.82 Å². The molecule has 0 aliphatic rings. The number of hydrogen-bond acceptors (Lipinski definition) is 4. The molecule has 0 spiro atoms. The molecule has 0 saturated carbocycles. The highest BCUT2D eigenvalue weighted by atomic mass is 19.4. The number of nitrogens with zero attached hydrogens (tertiary/aromatic N) is 2. The summed E-state index contributed by atoms with van der Waals surface area (Å²) in [5, 5.41) is 11.4. The third-order valence-electron chi connectivity index (χ3n) is 2.04. The summed E-state index contributed by atoms with van der Waals surface area (Å²) in [4.78, 5) is 3.85. The quantitative estimate of drug-likeness (QED) is 0.797. The molecule has 0 radical (unpaired) electrons. The van der Waals surface area contributed by atoms with Gasteiger partial charge < -0.3 is 11.1 Å². The smallest absolute Gasteiger partial charge is 0.389 e. The lowest BCUT2D eigenvalue weighted by atomic mass is 10.2. The van der Waals surface area contributed by atoms with Gasteiger partial charge in [0, 0.05) is 19.2 Å². The standard InChI is InChI=1S/C10H11F3N4/c11-10(12,13)3-1-4-16-9-8(15)7(6-14)2-5-17-9/h2,5H,1,3-4,15H2,(H,16,17). The van der Waals surface area contributed by atoms with Gasteiger partial charge in [-0.15, -0.1) is 0 Å². The van der Waals surface area contributed by atoms with Gasteiger partial charge in [0.2, 0.25) is 0 Å². The van der Waals surface area contributed by atoms with Gasteiger partial charge in [0.25, 0.3) is 0 Å². The zero-order chi connectivity index (χ0) is 12.9. The Morgan fingerprint density at radius 3 is 2.76 bits per heavy atom. The third kappa shape index (κ3) is 4.18. The van der Waals surface area contributed by atoms with Crippen molar-refractivity contribution in [2.75, 3.05) is 17.6 Å². The van der Waals surface area contributed by atoms with Crippen LogP contribution in [-0.2, 0) is 0 Å². The van der Waals surface area contributed by atoms with Crippen LogP contribution in [0.1, 0.15) is 18.4 Å². The Kier molecular flexibility index (Phi) is 4.15. The Bertz CT molecular complexity index is 423. The van der Waals surface area contributed by atoms with Crippen molar-refractivity contribution >= 4 is 11.5 Å². The third-order valence-corrected chi connectivity index (χ3v) is 2.04. The number of nitrogens with one attached hydrogen (secondary N) is 1. The van der Waals surface area contributed by atoms with Crippen molar-refractivity contribution in [3.63, 3.8) is 0 Å². The summed E-state index contributed by atoms with van der Waals surface area (Å²) < 4.78 is 35.6. The van der Waals surface area contributed by atoms with E-state index in [2.05, 4.69) is 10.3 Å². The lowest BCUT2D eigenvalue weighted by Gasteiger charge is -2.09. The van der Waals surface area contributed by atoms with Crippen LogP contribution in [0.4, 0.5) is 24.7 Å². The Morgan fingerprint density at radius 1 is 1.47 bits per heavy atom. The second-order valence-electron chi connectivity index (χ2n) is 3.38. The molecule has 0 fully saturated rings. The molecule has 0 bridgehead atoms. The number of halogens is 3. The van der Waals surface area contributed by atoms with Gasteiger partial charge in [0.1, 0.15) is 6.07 Å². The van der Waals surface area contributed by atoms with Gasteiger partial charge in [-0.3, -0.25) is 0 Å².